The Bertz CT molecular complexity index is 1540. The van der Waals surface area contributed by atoms with Gasteiger partial charge in [-0.25, -0.2) is 14.3 Å². The topological polar surface area (TPSA) is 124 Å². The minimum atomic E-state index is -4.03. The molecule has 39 heavy (non-hydrogen) atoms. The van der Waals surface area contributed by atoms with E-state index in [1.165, 1.54) is 5.01 Å². The van der Waals surface area contributed by atoms with Crippen LogP contribution < -0.4 is 25.0 Å². The number of nitrogens with two attached hydrogens (primary N) is 1. The molecule has 0 fully saturated rings. The van der Waals surface area contributed by atoms with E-state index < -0.39 is 22.0 Å². The number of hydrogen-bond donors (Lipinski definition) is 2. The molecule has 9 nitrogen and oxygen atoms in total. The summed E-state index contributed by atoms with van der Waals surface area (Å²) < 4.78 is 39.8. The Morgan fingerprint density at radius 3 is 2.49 bits per heavy atom. The van der Waals surface area contributed by atoms with E-state index >= 15 is 0 Å². The Hall–Kier alpha value is -4.15. The van der Waals surface area contributed by atoms with Gasteiger partial charge >= 0.3 is 0 Å². The number of hydrazine groups is 1. The molecule has 204 valence electrons. The first-order valence-corrected chi connectivity index (χ1v) is 14.2. The normalized spacial score (nSPS) is 12.2. The molecule has 0 radical (unpaired) electrons. The number of carbonyl (C=O) groups is 1. The molecule has 1 atom stereocenters. The molecule has 1 unspecified atom stereocenters. The predicted octanol–water partition coefficient (Wildman–Crippen LogP) is 4.49. The first kappa shape index (κ1) is 27.9. The zero-order valence-electron chi connectivity index (χ0n) is 22.1. The number of carbonyl (C=O) groups excluding carboxylic acids is 1. The molecule has 0 saturated carbocycles. The van der Waals surface area contributed by atoms with Crippen molar-refractivity contribution in [1.82, 2.24) is 9.71 Å². The standard InChI is InChI=1S/C29H32N4O5S/c1-4-37-27-17-23(11-13-26(27)38-20(2)3)28(29(34)32-39(35,36)19-21-8-6-5-7-9-21)33(30)25-12-10-24-18-31-15-14-22(24)16-25/h5-18,20,28H,4,19,30H2,1-3H3,(H,32,34). The van der Waals surface area contributed by atoms with Crippen LogP contribution in [0.4, 0.5) is 5.69 Å². The van der Waals surface area contributed by atoms with Crippen LogP contribution in [0.25, 0.3) is 10.8 Å². The van der Waals surface area contributed by atoms with Gasteiger partial charge < -0.3 is 9.47 Å². The average Bonchev–Trinajstić information content (AvgIpc) is 2.89. The maximum atomic E-state index is 13.7. The number of benzene rings is 3. The predicted molar refractivity (Wildman–Crippen MR) is 152 cm³/mol. The van der Waals surface area contributed by atoms with Crippen LogP contribution in [-0.4, -0.2) is 32.0 Å². The second-order valence-corrected chi connectivity index (χ2v) is 11.0. The van der Waals surface area contributed by atoms with Crippen LogP contribution in [0.5, 0.6) is 11.5 Å². The molecule has 0 aliphatic heterocycles. The molecule has 0 saturated heterocycles. The molecule has 1 heterocycles. The van der Waals surface area contributed by atoms with Crippen molar-refractivity contribution >= 4 is 32.4 Å². The van der Waals surface area contributed by atoms with Gasteiger partial charge in [0, 0.05) is 17.8 Å². The van der Waals surface area contributed by atoms with Crippen molar-refractivity contribution in [1.29, 1.82) is 0 Å². The van der Waals surface area contributed by atoms with Crippen molar-refractivity contribution < 1.29 is 22.7 Å². The molecule has 0 aliphatic rings. The summed E-state index contributed by atoms with van der Waals surface area (Å²) in [4.78, 5) is 17.8. The quantitative estimate of drug-likeness (QED) is 0.208. The van der Waals surface area contributed by atoms with E-state index in [1.807, 2.05) is 39.0 Å². The van der Waals surface area contributed by atoms with Gasteiger partial charge in [-0.1, -0.05) is 42.5 Å². The first-order chi connectivity index (χ1) is 18.7. The number of aromatic nitrogens is 1. The molecule has 4 aromatic rings. The molecule has 0 spiro atoms. The number of ether oxygens (including phenoxy) is 2. The summed E-state index contributed by atoms with van der Waals surface area (Å²) in [6.07, 6.45) is 3.28. The van der Waals surface area contributed by atoms with Gasteiger partial charge in [-0.2, -0.15) is 0 Å². The minimum absolute atomic E-state index is 0.102. The molecule has 4 rings (SSSR count). The van der Waals surface area contributed by atoms with Crippen LogP contribution in [-0.2, 0) is 20.6 Å². The second-order valence-electron chi connectivity index (χ2n) is 9.23. The molecule has 0 aliphatic carbocycles. The highest BCUT2D eigenvalue weighted by atomic mass is 32.2. The van der Waals surface area contributed by atoms with Crippen LogP contribution in [0.15, 0.2) is 85.2 Å². The number of sulfonamides is 1. The number of anilines is 1. The molecule has 0 bridgehead atoms. The lowest BCUT2D eigenvalue weighted by atomic mass is 10.0. The van der Waals surface area contributed by atoms with E-state index in [4.69, 9.17) is 15.3 Å². The fraction of sp³-hybridized carbons (Fsp3) is 0.241. The van der Waals surface area contributed by atoms with Crippen LogP contribution >= 0.6 is 0 Å². The molecule has 1 amide bonds. The Kier molecular flexibility index (Phi) is 8.68. The third-order valence-electron chi connectivity index (χ3n) is 5.85. The van der Waals surface area contributed by atoms with Gasteiger partial charge in [0.1, 0.15) is 6.04 Å². The number of rotatable bonds is 11. The number of hydrogen-bond acceptors (Lipinski definition) is 8. The number of nitrogens with zero attached hydrogens (tertiary/aromatic N) is 2. The van der Waals surface area contributed by atoms with Gasteiger partial charge in [0.05, 0.1) is 24.2 Å². The third kappa shape index (κ3) is 7.04. The van der Waals surface area contributed by atoms with E-state index in [-0.39, 0.29) is 11.9 Å². The van der Waals surface area contributed by atoms with Gasteiger partial charge in [-0.15, -0.1) is 0 Å². The monoisotopic (exact) mass is 548 g/mol. The van der Waals surface area contributed by atoms with Crippen LogP contribution in [0.1, 0.15) is 37.9 Å². The van der Waals surface area contributed by atoms with Crippen molar-refractivity contribution in [3.05, 3.63) is 96.3 Å². The Labute approximate surface area is 228 Å². The van der Waals surface area contributed by atoms with Gasteiger partial charge in [0.25, 0.3) is 5.91 Å². The molecule has 3 N–H and O–H groups in total. The van der Waals surface area contributed by atoms with Crippen molar-refractivity contribution in [2.45, 2.75) is 38.7 Å². The van der Waals surface area contributed by atoms with Crippen molar-refractivity contribution in [3.63, 3.8) is 0 Å². The maximum absolute atomic E-state index is 13.7. The summed E-state index contributed by atoms with van der Waals surface area (Å²) in [6, 6.07) is 19.7. The fourth-order valence-corrected chi connectivity index (χ4v) is 5.29. The van der Waals surface area contributed by atoms with Crippen LogP contribution in [0.2, 0.25) is 0 Å². The van der Waals surface area contributed by atoms with Gasteiger partial charge in [-0.3, -0.25) is 19.5 Å². The van der Waals surface area contributed by atoms with E-state index in [0.29, 0.717) is 34.9 Å². The molecular formula is C29H32N4O5S. The highest BCUT2D eigenvalue weighted by Gasteiger charge is 2.31. The maximum Gasteiger partial charge on any atom is 0.262 e. The van der Waals surface area contributed by atoms with Gasteiger partial charge in [0.15, 0.2) is 11.5 Å². The third-order valence-corrected chi connectivity index (χ3v) is 7.08. The SMILES string of the molecule is CCOc1cc(C(C(=O)NS(=O)(=O)Cc2ccccc2)N(N)c2ccc3cnccc3c2)ccc1OC(C)C. The number of pyridine rings is 1. The van der Waals surface area contributed by atoms with Gasteiger partial charge in [-0.05, 0) is 67.6 Å². The van der Waals surface area contributed by atoms with Crippen LogP contribution in [0, 0.1) is 0 Å². The molecule has 3 aromatic carbocycles. The van der Waals surface area contributed by atoms with E-state index in [0.717, 1.165) is 10.8 Å². The second kappa shape index (κ2) is 12.1. The van der Waals surface area contributed by atoms with Crippen molar-refractivity contribution in [3.8, 4) is 11.5 Å². The number of amides is 1. The number of fused-ring (bicyclic) bond motifs is 1. The molecule has 1 aromatic heterocycles. The molecular weight excluding hydrogens is 516 g/mol. The van der Waals surface area contributed by atoms with Gasteiger partial charge in [0.2, 0.25) is 10.0 Å². The lowest BCUT2D eigenvalue weighted by Crippen LogP contribution is -2.46. The lowest BCUT2D eigenvalue weighted by molar-refractivity contribution is -0.120. The van der Waals surface area contributed by atoms with Crippen LogP contribution in [0.3, 0.4) is 0 Å². The minimum Gasteiger partial charge on any atom is -0.490 e. The van der Waals surface area contributed by atoms with Crippen molar-refractivity contribution in [2.24, 2.45) is 5.84 Å². The summed E-state index contributed by atoms with van der Waals surface area (Å²) >= 11 is 0. The summed E-state index contributed by atoms with van der Waals surface area (Å²) in [7, 11) is -4.03. The first-order valence-electron chi connectivity index (χ1n) is 12.6. The highest BCUT2D eigenvalue weighted by Crippen LogP contribution is 2.35. The smallest absolute Gasteiger partial charge is 0.262 e. The lowest BCUT2D eigenvalue weighted by Gasteiger charge is -2.29. The molecule has 10 heteroatoms. The average molecular weight is 549 g/mol. The Balaban J connectivity index is 1.73. The summed E-state index contributed by atoms with van der Waals surface area (Å²) in [6.45, 7) is 6.00. The zero-order valence-corrected chi connectivity index (χ0v) is 22.9. The van der Waals surface area contributed by atoms with E-state index in [9.17, 15) is 13.2 Å². The number of nitrogens with one attached hydrogen (secondary N) is 1. The largest absolute Gasteiger partial charge is 0.490 e. The van der Waals surface area contributed by atoms with E-state index in [2.05, 4.69) is 9.71 Å². The van der Waals surface area contributed by atoms with E-state index in [1.54, 1.807) is 67.0 Å². The summed E-state index contributed by atoms with van der Waals surface area (Å²) in [5, 5.41) is 3.01. The highest BCUT2D eigenvalue weighted by molar-refractivity contribution is 7.89. The Morgan fingerprint density at radius 2 is 1.77 bits per heavy atom. The Morgan fingerprint density at radius 1 is 1.00 bits per heavy atom. The van der Waals surface area contributed by atoms with Crippen molar-refractivity contribution in [2.75, 3.05) is 11.6 Å². The fourth-order valence-electron chi connectivity index (χ4n) is 4.17. The zero-order chi connectivity index (χ0) is 28.0. The summed E-state index contributed by atoms with van der Waals surface area (Å²) in [5.74, 6) is 6.34. The summed E-state index contributed by atoms with van der Waals surface area (Å²) in [5.41, 5.74) is 1.49.